The van der Waals surface area contributed by atoms with Crippen LogP contribution >= 0.6 is 0 Å². The Balaban J connectivity index is 2.28. The lowest BCUT2D eigenvalue weighted by molar-refractivity contribution is 0.0780. The molecule has 2 rings (SSSR count). The molecule has 5 heteroatoms. The van der Waals surface area contributed by atoms with Gasteiger partial charge < -0.3 is 10.6 Å². The van der Waals surface area contributed by atoms with Gasteiger partial charge in [0.2, 0.25) is 0 Å². The summed E-state index contributed by atoms with van der Waals surface area (Å²) >= 11 is 0. The van der Waals surface area contributed by atoms with E-state index in [-0.39, 0.29) is 23.3 Å². The van der Waals surface area contributed by atoms with Crippen molar-refractivity contribution in [2.75, 3.05) is 12.8 Å². The Morgan fingerprint density at radius 3 is 2.93 bits per heavy atom. The lowest BCUT2D eigenvalue weighted by atomic mass is 10.2. The Hall–Kier alpha value is -1.65. The normalized spacial score (nSPS) is 15.1. The zero-order valence-electron chi connectivity index (χ0n) is 8.40. The van der Waals surface area contributed by atoms with Gasteiger partial charge in [-0.1, -0.05) is 0 Å². The van der Waals surface area contributed by atoms with Crippen molar-refractivity contribution in [1.29, 1.82) is 0 Å². The molecule has 1 aliphatic carbocycles. The number of nitrogen functional groups attached to an aromatic ring is 1. The highest BCUT2D eigenvalue weighted by Crippen LogP contribution is 2.27. The molecule has 80 valence electrons. The van der Waals surface area contributed by atoms with E-state index in [2.05, 4.69) is 4.98 Å². The van der Waals surface area contributed by atoms with E-state index in [1.54, 1.807) is 11.9 Å². The zero-order chi connectivity index (χ0) is 11.0. The van der Waals surface area contributed by atoms with Gasteiger partial charge in [0.05, 0.1) is 5.56 Å². The number of hydrogen-bond acceptors (Lipinski definition) is 3. The summed E-state index contributed by atoms with van der Waals surface area (Å²) in [5, 5.41) is 0. The summed E-state index contributed by atoms with van der Waals surface area (Å²) in [6, 6.07) is 1.61. The Morgan fingerprint density at radius 1 is 1.67 bits per heavy atom. The maximum Gasteiger partial charge on any atom is 0.257 e. The van der Waals surface area contributed by atoms with Crippen molar-refractivity contribution in [2.24, 2.45) is 0 Å². The molecule has 1 heterocycles. The minimum absolute atomic E-state index is 0.00287. The SMILES string of the molecule is CN(C(=O)c1ccnc(N)c1F)C1CC1. The first-order valence-corrected chi connectivity index (χ1v) is 4.78. The summed E-state index contributed by atoms with van der Waals surface area (Å²) in [6.07, 6.45) is 3.32. The van der Waals surface area contributed by atoms with Crippen LogP contribution in [0, 0.1) is 5.82 Å². The van der Waals surface area contributed by atoms with Crippen LogP contribution in [0.4, 0.5) is 10.2 Å². The first-order chi connectivity index (χ1) is 7.11. The molecule has 0 unspecified atom stereocenters. The monoisotopic (exact) mass is 209 g/mol. The van der Waals surface area contributed by atoms with E-state index < -0.39 is 5.82 Å². The molecule has 1 aromatic rings. The second kappa shape index (κ2) is 3.49. The molecule has 15 heavy (non-hydrogen) atoms. The summed E-state index contributed by atoms with van der Waals surface area (Å²) in [5.74, 6) is -1.29. The lowest BCUT2D eigenvalue weighted by Crippen LogP contribution is -2.29. The molecular formula is C10H12FN3O. The third-order valence-corrected chi connectivity index (χ3v) is 2.56. The standard InChI is InChI=1S/C10H12FN3O/c1-14(6-2-3-6)10(15)7-4-5-13-9(12)8(7)11/h4-6H,2-3H2,1H3,(H2,12,13). The molecule has 1 amide bonds. The molecule has 1 aromatic heterocycles. The van der Waals surface area contributed by atoms with Gasteiger partial charge in [-0.2, -0.15) is 0 Å². The number of rotatable bonds is 2. The quantitative estimate of drug-likeness (QED) is 0.791. The minimum Gasteiger partial charge on any atom is -0.381 e. The van der Waals surface area contributed by atoms with Gasteiger partial charge in [-0.15, -0.1) is 0 Å². The second-order valence-electron chi connectivity index (χ2n) is 3.70. The van der Waals surface area contributed by atoms with Crippen LogP contribution in [-0.4, -0.2) is 28.9 Å². The Kier molecular flexibility index (Phi) is 2.30. The number of nitrogens with zero attached hydrogens (tertiary/aromatic N) is 2. The average Bonchev–Trinajstić information content (AvgIpc) is 3.03. The van der Waals surface area contributed by atoms with Gasteiger partial charge in [-0.25, -0.2) is 9.37 Å². The fourth-order valence-corrected chi connectivity index (χ4v) is 1.44. The first kappa shape index (κ1) is 9.89. The van der Waals surface area contributed by atoms with Crippen LogP contribution in [-0.2, 0) is 0 Å². The predicted molar refractivity (Wildman–Crippen MR) is 53.7 cm³/mol. The van der Waals surface area contributed by atoms with Crippen LogP contribution in [0.5, 0.6) is 0 Å². The van der Waals surface area contributed by atoms with Crippen LogP contribution in [0.15, 0.2) is 12.3 Å². The van der Waals surface area contributed by atoms with Gasteiger partial charge in [0, 0.05) is 19.3 Å². The molecular weight excluding hydrogens is 197 g/mol. The molecule has 1 aliphatic rings. The van der Waals surface area contributed by atoms with E-state index in [1.807, 2.05) is 0 Å². The fourth-order valence-electron chi connectivity index (χ4n) is 1.44. The van der Waals surface area contributed by atoms with Gasteiger partial charge in [0.25, 0.3) is 5.91 Å². The van der Waals surface area contributed by atoms with Crippen molar-refractivity contribution >= 4 is 11.7 Å². The first-order valence-electron chi connectivity index (χ1n) is 4.78. The van der Waals surface area contributed by atoms with E-state index in [4.69, 9.17) is 5.73 Å². The van der Waals surface area contributed by atoms with E-state index >= 15 is 0 Å². The van der Waals surface area contributed by atoms with Crippen LogP contribution in [0.25, 0.3) is 0 Å². The predicted octanol–water partition coefficient (Wildman–Crippen LogP) is 1.04. The maximum absolute atomic E-state index is 13.5. The highest BCUT2D eigenvalue weighted by Gasteiger charge is 2.31. The van der Waals surface area contributed by atoms with Crippen LogP contribution in [0.1, 0.15) is 23.2 Å². The van der Waals surface area contributed by atoms with Gasteiger partial charge in [0.15, 0.2) is 11.6 Å². The van der Waals surface area contributed by atoms with Crippen molar-refractivity contribution in [1.82, 2.24) is 9.88 Å². The molecule has 1 saturated carbocycles. The van der Waals surface area contributed by atoms with Crippen molar-refractivity contribution in [3.05, 3.63) is 23.6 Å². The van der Waals surface area contributed by atoms with Gasteiger partial charge in [-0.3, -0.25) is 4.79 Å². The number of nitrogens with two attached hydrogens (primary N) is 1. The number of anilines is 1. The van der Waals surface area contributed by atoms with Crippen LogP contribution in [0.2, 0.25) is 0 Å². The highest BCUT2D eigenvalue weighted by atomic mass is 19.1. The van der Waals surface area contributed by atoms with Crippen LogP contribution < -0.4 is 5.73 Å². The molecule has 4 nitrogen and oxygen atoms in total. The average molecular weight is 209 g/mol. The highest BCUT2D eigenvalue weighted by molar-refractivity contribution is 5.95. The molecule has 0 aliphatic heterocycles. The maximum atomic E-state index is 13.5. The smallest absolute Gasteiger partial charge is 0.257 e. The van der Waals surface area contributed by atoms with Gasteiger partial charge in [-0.05, 0) is 18.9 Å². The summed E-state index contributed by atoms with van der Waals surface area (Å²) < 4.78 is 13.5. The minimum atomic E-state index is -0.727. The number of amides is 1. The molecule has 0 spiro atoms. The molecule has 0 bridgehead atoms. The molecule has 0 aromatic carbocycles. The van der Waals surface area contributed by atoms with Gasteiger partial charge >= 0.3 is 0 Å². The van der Waals surface area contributed by atoms with Crippen molar-refractivity contribution < 1.29 is 9.18 Å². The van der Waals surface area contributed by atoms with E-state index in [0.29, 0.717) is 0 Å². The summed E-state index contributed by atoms with van der Waals surface area (Å²) in [6.45, 7) is 0. The van der Waals surface area contributed by atoms with Crippen molar-refractivity contribution in [3.8, 4) is 0 Å². The van der Waals surface area contributed by atoms with E-state index in [0.717, 1.165) is 12.8 Å². The fraction of sp³-hybridized carbons (Fsp3) is 0.400. The van der Waals surface area contributed by atoms with Crippen molar-refractivity contribution in [3.63, 3.8) is 0 Å². The van der Waals surface area contributed by atoms with Gasteiger partial charge in [0.1, 0.15) is 0 Å². The topological polar surface area (TPSA) is 59.2 Å². The van der Waals surface area contributed by atoms with E-state index in [9.17, 15) is 9.18 Å². The Labute approximate surface area is 86.9 Å². The van der Waals surface area contributed by atoms with E-state index in [1.165, 1.54) is 12.3 Å². The number of carbonyl (C=O) groups excluding carboxylic acids is 1. The molecule has 0 radical (unpaired) electrons. The third-order valence-electron chi connectivity index (χ3n) is 2.56. The number of pyridine rings is 1. The van der Waals surface area contributed by atoms with Crippen LogP contribution in [0.3, 0.4) is 0 Å². The molecule has 1 fully saturated rings. The number of carbonyl (C=O) groups is 1. The summed E-state index contributed by atoms with van der Waals surface area (Å²) in [4.78, 5) is 16.9. The number of aromatic nitrogens is 1. The largest absolute Gasteiger partial charge is 0.381 e. The Morgan fingerprint density at radius 2 is 2.33 bits per heavy atom. The molecule has 0 saturated heterocycles. The molecule has 2 N–H and O–H groups in total. The zero-order valence-corrected chi connectivity index (χ0v) is 8.40. The summed E-state index contributed by atoms with van der Waals surface area (Å²) in [7, 11) is 1.68. The molecule has 0 atom stereocenters. The number of hydrogen-bond donors (Lipinski definition) is 1. The third kappa shape index (κ3) is 1.77. The Bertz CT molecular complexity index is 404. The second-order valence-corrected chi connectivity index (χ2v) is 3.70. The number of halogens is 1. The summed E-state index contributed by atoms with van der Waals surface area (Å²) in [5.41, 5.74) is 5.29. The lowest BCUT2D eigenvalue weighted by Gasteiger charge is -2.16. The van der Waals surface area contributed by atoms with Crippen molar-refractivity contribution in [2.45, 2.75) is 18.9 Å².